The summed E-state index contributed by atoms with van der Waals surface area (Å²) in [6.07, 6.45) is 3.50. The highest BCUT2D eigenvalue weighted by atomic mass is 32.2. The number of phenolic OH excluding ortho intramolecular Hbond substituents is 1. The number of benzene rings is 1. The third kappa shape index (κ3) is 3.19. The standard InChI is InChI=1S/C16H12N2O4S2/c19-12-5-3-10(4-6-12)17-7-1-2-11(17)8-13-15(22)18(9-14(20)21)16(23)24-13/h1-8,19H,9H2,(H,20,21)/b13-8-. The van der Waals surface area contributed by atoms with Crippen LogP contribution in [0.4, 0.5) is 0 Å². The molecule has 1 amide bonds. The number of carbonyl (C=O) groups is 2. The number of aliphatic carboxylic acids is 1. The SMILES string of the molecule is O=C(O)CN1C(=O)/C(=C/c2cccn2-c2ccc(O)cc2)SC1=S. The number of hydrogen-bond acceptors (Lipinski definition) is 5. The highest BCUT2D eigenvalue weighted by Gasteiger charge is 2.33. The monoisotopic (exact) mass is 360 g/mol. The summed E-state index contributed by atoms with van der Waals surface area (Å²) in [7, 11) is 0. The summed E-state index contributed by atoms with van der Waals surface area (Å²) in [5.74, 6) is -1.35. The first-order chi connectivity index (χ1) is 11.5. The van der Waals surface area contributed by atoms with Crippen molar-refractivity contribution < 1.29 is 19.8 Å². The van der Waals surface area contributed by atoms with Gasteiger partial charge in [0.25, 0.3) is 5.91 Å². The molecule has 0 saturated carbocycles. The highest BCUT2D eigenvalue weighted by Crippen LogP contribution is 2.32. The number of rotatable bonds is 4. The predicted octanol–water partition coefficient (Wildman–Crippen LogP) is 2.47. The van der Waals surface area contributed by atoms with Gasteiger partial charge in [-0.2, -0.15) is 0 Å². The molecule has 0 atom stereocenters. The number of thioether (sulfide) groups is 1. The molecule has 1 saturated heterocycles. The van der Waals surface area contributed by atoms with E-state index in [9.17, 15) is 14.7 Å². The summed E-state index contributed by atoms with van der Waals surface area (Å²) < 4.78 is 2.08. The number of nitrogens with zero attached hydrogens (tertiary/aromatic N) is 2. The highest BCUT2D eigenvalue weighted by molar-refractivity contribution is 8.26. The average Bonchev–Trinajstić information content (AvgIpc) is 3.09. The van der Waals surface area contributed by atoms with Crippen LogP contribution in [0.25, 0.3) is 11.8 Å². The van der Waals surface area contributed by atoms with Gasteiger partial charge in [0.05, 0.1) is 4.91 Å². The lowest BCUT2D eigenvalue weighted by Gasteiger charge is -2.10. The van der Waals surface area contributed by atoms with Crippen molar-refractivity contribution in [2.24, 2.45) is 0 Å². The number of aromatic hydroxyl groups is 1. The Morgan fingerprint density at radius 3 is 2.62 bits per heavy atom. The number of carboxylic acids is 1. The van der Waals surface area contributed by atoms with Crippen LogP contribution in [-0.4, -0.2) is 42.4 Å². The molecule has 1 aromatic heterocycles. The second-order valence-electron chi connectivity index (χ2n) is 4.98. The molecule has 0 spiro atoms. The zero-order valence-corrected chi connectivity index (χ0v) is 13.9. The van der Waals surface area contributed by atoms with Gasteiger partial charge in [-0.05, 0) is 42.5 Å². The molecular formula is C16H12N2O4S2. The first-order valence-electron chi connectivity index (χ1n) is 6.89. The van der Waals surface area contributed by atoms with E-state index in [0.29, 0.717) is 4.91 Å². The maximum absolute atomic E-state index is 12.3. The molecule has 24 heavy (non-hydrogen) atoms. The van der Waals surface area contributed by atoms with Crippen LogP contribution in [0, 0.1) is 0 Å². The van der Waals surface area contributed by atoms with Crippen molar-refractivity contribution in [3.05, 3.63) is 53.2 Å². The Labute approximate surface area is 147 Å². The minimum absolute atomic E-state index is 0.169. The molecule has 0 bridgehead atoms. The van der Waals surface area contributed by atoms with E-state index in [-0.39, 0.29) is 10.1 Å². The van der Waals surface area contributed by atoms with Crippen LogP contribution in [0.1, 0.15) is 5.69 Å². The normalized spacial score (nSPS) is 16.2. The number of hydrogen-bond donors (Lipinski definition) is 2. The van der Waals surface area contributed by atoms with Gasteiger partial charge >= 0.3 is 5.97 Å². The van der Waals surface area contributed by atoms with Crippen LogP contribution in [-0.2, 0) is 9.59 Å². The number of thiocarbonyl (C=S) groups is 1. The largest absolute Gasteiger partial charge is 0.508 e. The molecule has 2 aromatic rings. The Kier molecular flexibility index (Phi) is 4.41. The average molecular weight is 360 g/mol. The molecule has 122 valence electrons. The van der Waals surface area contributed by atoms with Gasteiger partial charge in [-0.3, -0.25) is 14.5 Å². The Bertz CT molecular complexity index is 855. The van der Waals surface area contributed by atoms with Crippen molar-refractivity contribution in [3.63, 3.8) is 0 Å². The van der Waals surface area contributed by atoms with Crippen LogP contribution in [0.5, 0.6) is 5.75 Å². The number of amides is 1. The number of carboxylic acid groups (broad SMARTS) is 1. The maximum Gasteiger partial charge on any atom is 0.323 e. The molecule has 1 aromatic carbocycles. The van der Waals surface area contributed by atoms with Crippen molar-refractivity contribution in [2.75, 3.05) is 6.54 Å². The fourth-order valence-corrected chi connectivity index (χ4v) is 3.51. The lowest BCUT2D eigenvalue weighted by atomic mass is 10.3. The van der Waals surface area contributed by atoms with Gasteiger partial charge in [-0.1, -0.05) is 24.0 Å². The Balaban J connectivity index is 1.92. The van der Waals surface area contributed by atoms with Crippen molar-refractivity contribution in [2.45, 2.75) is 0 Å². The smallest absolute Gasteiger partial charge is 0.323 e. The van der Waals surface area contributed by atoms with Crippen molar-refractivity contribution in [1.82, 2.24) is 9.47 Å². The van der Waals surface area contributed by atoms with E-state index in [1.807, 2.05) is 22.9 Å². The van der Waals surface area contributed by atoms with Crippen molar-refractivity contribution in [3.8, 4) is 11.4 Å². The summed E-state index contributed by atoms with van der Waals surface area (Å²) >= 11 is 6.16. The van der Waals surface area contributed by atoms with Crippen molar-refractivity contribution in [1.29, 1.82) is 0 Å². The van der Waals surface area contributed by atoms with E-state index in [1.165, 1.54) is 0 Å². The Morgan fingerprint density at radius 2 is 1.96 bits per heavy atom. The van der Waals surface area contributed by atoms with Crippen LogP contribution >= 0.6 is 24.0 Å². The number of carbonyl (C=O) groups excluding carboxylic acids is 1. The second kappa shape index (κ2) is 6.50. The number of aromatic nitrogens is 1. The van der Waals surface area contributed by atoms with E-state index < -0.39 is 18.4 Å². The minimum atomic E-state index is -1.11. The fraction of sp³-hybridized carbons (Fsp3) is 0.0625. The topological polar surface area (TPSA) is 82.8 Å². The van der Waals surface area contributed by atoms with Gasteiger partial charge in [0, 0.05) is 17.6 Å². The molecule has 1 fully saturated rings. The predicted molar refractivity (Wildman–Crippen MR) is 94.9 cm³/mol. The van der Waals surface area contributed by atoms with Crippen LogP contribution in [0.15, 0.2) is 47.5 Å². The summed E-state index contributed by atoms with van der Waals surface area (Å²) in [6, 6.07) is 10.3. The van der Waals surface area contributed by atoms with Crippen molar-refractivity contribution >= 4 is 46.3 Å². The summed E-state index contributed by atoms with van der Waals surface area (Å²) in [5, 5.41) is 18.2. The lowest BCUT2D eigenvalue weighted by Crippen LogP contribution is -2.33. The summed E-state index contributed by atoms with van der Waals surface area (Å²) in [5.41, 5.74) is 1.57. The molecule has 8 heteroatoms. The zero-order chi connectivity index (χ0) is 17.3. The molecule has 2 N–H and O–H groups in total. The van der Waals surface area contributed by atoms with Crippen LogP contribution < -0.4 is 0 Å². The molecule has 2 heterocycles. The molecule has 0 aliphatic carbocycles. The molecule has 0 radical (unpaired) electrons. The molecule has 3 rings (SSSR count). The van der Waals surface area contributed by atoms with E-state index in [4.69, 9.17) is 17.3 Å². The van der Waals surface area contributed by atoms with Gasteiger partial charge in [0.2, 0.25) is 0 Å². The maximum atomic E-state index is 12.3. The Morgan fingerprint density at radius 1 is 1.25 bits per heavy atom. The second-order valence-corrected chi connectivity index (χ2v) is 6.66. The summed E-state index contributed by atoms with van der Waals surface area (Å²) in [4.78, 5) is 24.6. The molecule has 0 unspecified atom stereocenters. The molecule has 6 nitrogen and oxygen atoms in total. The van der Waals surface area contributed by atoms with Crippen LogP contribution in [0.3, 0.4) is 0 Å². The minimum Gasteiger partial charge on any atom is -0.508 e. The number of phenols is 1. The van der Waals surface area contributed by atoms with E-state index in [2.05, 4.69) is 0 Å². The van der Waals surface area contributed by atoms with Crippen LogP contribution in [0.2, 0.25) is 0 Å². The third-order valence-corrected chi connectivity index (χ3v) is 4.73. The van der Waals surface area contributed by atoms with Gasteiger partial charge in [-0.15, -0.1) is 0 Å². The van der Waals surface area contributed by atoms with Gasteiger partial charge < -0.3 is 14.8 Å². The van der Waals surface area contributed by atoms with E-state index in [0.717, 1.165) is 28.0 Å². The van der Waals surface area contributed by atoms with E-state index >= 15 is 0 Å². The fourth-order valence-electron chi connectivity index (χ4n) is 2.27. The molecule has 1 aliphatic heterocycles. The first kappa shape index (κ1) is 16.3. The third-order valence-electron chi connectivity index (χ3n) is 3.35. The molecular weight excluding hydrogens is 348 g/mol. The quantitative estimate of drug-likeness (QED) is 0.644. The zero-order valence-electron chi connectivity index (χ0n) is 12.2. The Hall–Kier alpha value is -2.58. The lowest BCUT2D eigenvalue weighted by molar-refractivity contribution is -0.140. The van der Waals surface area contributed by atoms with E-state index in [1.54, 1.807) is 30.3 Å². The van der Waals surface area contributed by atoms with Gasteiger partial charge in [0.15, 0.2) is 0 Å². The first-order valence-corrected chi connectivity index (χ1v) is 8.12. The van der Waals surface area contributed by atoms with Gasteiger partial charge in [-0.25, -0.2) is 0 Å². The molecule has 1 aliphatic rings. The van der Waals surface area contributed by atoms with Gasteiger partial charge in [0.1, 0.15) is 16.6 Å². The summed E-state index contributed by atoms with van der Waals surface area (Å²) in [6.45, 7) is -0.443.